The molecule has 1 aliphatic heterocycles. The molecule has 0 radical (unpaired) electrons. The van der Waals surface area contributed by atoms with Crippen molar-refractivity contribution in [1.29, 1.82) is 0 Å². The van der Waals surface area contributed by atoms with E-state index < -0.39 is 0 Å². The number of rotatable bonds is 4. The Kier molecular flexibility index (Phi) is 5.43. The van der Waals surface area contributed by atoms with E-state index in [9.17, 15) is 4.79 Å². The molecule has 0 unspecified atom stereocenters. The van der Waals surface area contributed by atoms with Gasteiger partial charge in [0, 0.05) is 41.1 Å². The van der Waals surface area contributed by atoms with Gasteiger partial charge in [0.2, 0.25) is 0 Å². The zero-order chi connectivity index (χ0) is 23.4. The number of hydrogen-bond acceptors (Lipinski definition) is 5. The number of benzene rings is 1. The van der Waals surface area contributed by atoms with Crippen LogP contribution in [0, 0.1) is 6.92 Å². The van der Waals surface area contributed by atoms with Crippen LogP contribution < -0.4 is 5.56 Å². The Balaban J connectivity index is 1.43. The zero-order valence-electron chi connectivity index (χ0n) is 18.6. The molecule has 1 saturated heterocycles. The molecule has 2 fully saturated rings. The van der Waals surface area contributed by atoms with Gasteiger partial charge in [0.05, 0.1) is 29.7 Å². The van der Waals surface area contributed by atoms with Gasteiger partial charge in [0.25, 0.3) is 5.56 Å². The van der Waals surface area contributed by atoms with Gasteiger partial charge in [-0.05, 0) is 44.7 Å². The predicted molar refractivity (Wildman–Crippen MR) is 131 cm³/mol. The quantitative estimate of drug-likeness (QED) is 0.371. The third-order valence-electron chi connectivity index (χ3n) is 6.67. The zero-order valence-corrected chi connectivity index (χ0v) is 20.1. The highest BCUT2D eigenvalue weighted by Gasteiger charge is 2.30. The SMILES string of the molecule is Cc1nc2c(-c3ccc(Cl)cc3)nc([C@H]3CCO[C@@H](c4cnn(C5CC5)c4)C3)cn2c(=O)c1Cl. The highest BCUT2D eigenvalue weighted by Crippen LogP contribution is 2.39. The summed E-state index contributed by atoms with van der Waals surface area (Å²) in [5.74, 6) is 0.116. The number of hydrogen-bond donors (Lipinski definition) is 0. The maximum atomic E-state index is 13.1. The molecule has 7 nitrogen and oxygen atoms in total. The van der Waals surface area contributed by atoms with E-state index in [0.29, 0.717) is 34.7 Å². The molecule has 4 aromatic rings. The largest absolute Gasteiger partial charge is 0.373 e. The van der Waals surface area contributed by atoms with Crippen LogP contribution in [0.5, 0.6) is 0 Å². The molecule has 0 bridgehead atoms. The van der Waals surface area contributed by atoms with Crippen LogP contribution in [0.3, 0.4) is 0 Å². The van der Waals surface area contributed by atoms with Crippen molar-refractivity contribution in [2.45, 2.75) is 50.7 Å². The second-order valence-corrected chi connectivity index (χ2v) is 9.91. The summed E-state index contributed by atoms with van der Waals surface area (Å²) in [7, 11) is 0. The van der Waals surface area contributed by atoms with Crippen molar-refractivity contribution in [2.24, 2.45) is 0 Å². The number of ether oxygens (including phenoxy) is 1. The molecule has 2 aliphatic rings. The second kappa shape index (κ2) is 8.48. The molecule has 1 aliphatic carbocycles. The summed E-state index contributed by atoms with van der Waals surface area (Å²) in [5.41, 5.74) is 4.05. The van der Waals surface area contributed by atoms with Gasteiger partial charge < -0.3 is 4.74 Å². The topological polar surface area (TPSA) is 74.3 Å². The molecule has 6 rings (SSSR count). The number of aromatic nitrogens is 5. The Morgan fingerprint density at radius 1 is 1.06 bits per heavy atom. The van der Waals surface area contributed by atoms with Gasteiger partial charge in [-0.2, -0.15) is 5.10 Å². The minimum absolute atomic E-state index is 0.0563. The van der Waals surface area contributed by atoms with Gasteiger partial charge in [-0.15, -0.1) is 0 Å². The number of fused-ring (bicyclic) bond motifs is 1. The summed E-state index contributed by atoms with van der Waals surface area (Å²) in [4.78, 5) is 22.7. The van der Waals surface area contributed by atoms with E-state index in [1.54, 1.807) is 13.1 Å². The second-order valence-electron chi connectivity index (χ2n) is 9.10. The van der Waals surface area contributed by atoms with E-state index in [4.69, 9.17) is 32.9 Å². The van der Waals surface area contributed by atoms with E-state index in [-0.39, 0.29) is 22.6 Å². The molecule has 1 saturated carbocycles. The lowest BCUT2D eigenvalue weighted by Gasteiger charge is -2.29. The molecule has 0 N–H and O–H groups in total. The maximum absolute atomic E-state index is 13.1. The van der Waals surface area contributed by atoms with Crippen LogP contribution in [0.2, 0.25) is 10.0 Å². The fourth-order valence-corrected chi connectivity index (χ4v) is 4.86. The minimum atomic E-state index is -0.294. The van der Waals surface area contributed by atoms with Crippen LogP contribution in [0.1, 0.15) is 60.7 Å². The van der Waals surface area contributed by atoms with Gasteiger partial charge >= 0.3 is 0 Å². The highest BCUT2D eigenvalue weighted by molar-refractivity contribution is 6.31. The summed E-state index contributed by atoms with van der Waals surface area (Å²) >= 11 is 12.4. The molecule has 174 valence electrons. The number of halogens is 2. The maximum Gasteiger partial charge on any atom is 0.277 e. The Labute approximate surface area is 206 Å². The monoisotopic (exact) mass is 495 g/mol. The summed E-state index contributed by atoms with van der Waals surface area (Å²) in [6, 6.07) is 7.94. The Bertz CT molecular complexity index is 1440. The van der Waals surface area contributed by atoms with Crippen LogP contribution in [0.25, 0.3) is 16.9 Å². The van der Waals surface area contributed by atoms with Crippen molar-refractivity contribution in [1.82, 2.24) is 24.1 Å². The molecule has 1 aromatic carbocycles. The molecule has 34 heavy (non-hydrogen) atoms. The molecular formula is C25H23Cl2N5O2. The van der Waals surface area contributed by atoms with Crippen LogP contribution in [0.15, 0.2) is 47.7 Å². The highest BCUT2D eigenvalue weighted by atomic mass is 35.5. The first-order valence-electron chi connectivity index (χ1n) is 11.5. The van der Waals surface area contributed by atoms with Crippen LogP contribution in [-0.4, -0.2) is 30.8 Å². The lowest BCUT2D eigenvalue weighted by Crippen LogP contribution is -2.23. The van der Waals surface area contributed by atoms with Gasteiger partial charge in [0.15, 0.2) is 5.65 Å². The average molecular weight is 496 g/mol. The fraction of sp³-hybridized carbons (Fsp3) is 0.360. The van der Waals surface area contributed by atoms with Crippen molar-refractivity contribution in [3.8, 4) is 11.3 Å². The third-order valence-corrected chi connectivity index (χ3v) is 7.36. The van der Waals surface area contributed by atoms with Crippen molar-refractivity contribution >= 4 is 28.8 Å². The summed E-state index contributed by atoms with van der Waals surface area (Å²) < 4.78 is 9.68. The summed E-state index contributed by atoms with van der Waals surface area (Å²) in [5, 5.41) is 5.28. The number of aryl methyl sites for hydroxylation is 1. The van der Waals surface area contributed by atoms with Gasteiger partial charge in [-0.1, -0.05) is 35.3 Å². The predicted octanol–water partition coefficient (Wildman–Crippen LogP) is 5.54. The lowest BCUT2D eigenvalue weighted by molar-refractivity contribution is 0.00454. The lowest BCUT2D eigenvalue weighted by atomic mass is 9.90. The number of nitrogens with zero attached hydrogens (tertiary/aromatic N) is 5. The molecule has 0 amide bonds. The van der Waals surface area contributed by atoms with Crippen LogP contribution >= 0.6 is 23.2 Å². The molecule has 0 spiro atoms. The standard InChI is InChI=1S/C25H23Cl2N5O2/c1-14-22(27)25(33)31-13-20(30-23(24(31)29-14)15-2-4-18(26)5-3-15)16-8-9-34-21(10-16)17-11-28-32(12-17)19-6-7-19/h2-5,11-13,16,19,21H,6-10H2,1H3/t16-,21+/m0/s1. The smallest absolute Gasteiger partial charge is 0.277 e. The Morgan fingerprint density at radius 3 is 2.62 bits per heavy atom. The molecule has 4 heterocycles. The van der Waals surface area contributed by atoms with Crippen molar-refractivity contribution in [3.63, 3.8) is 0 Å². The molecule has 2 atom stereocenters. The van der Waals surface area contributed by atoms with Crippen molar-refractivity contribution < 1.29 is 4.74 Å². The molecular weight excluding hydrogens is 473 g/mol. The average Bonchev–Trinajstić information content (AvgIpc) is 3.59. The van der Waals surface area contributed by atoms with E-state index >= 15 is 0 Å². The van der Waals surface area contributed by atoms with E-state index in [2.05, 4.69) is 16.3 Å². The minimum Gasteiger partial charge on any atom is -0.373 e. The third kappa shape index (κ3) is 3.91. The normalized spacial score (nSPS) is 20.7. The first kappa shape index (κ1) is 21.8. The summed E-state index contributed by atoms with van der Waals surface area (Å²) in [6.07, 6.45) is 9.70. The summed E-state index contributed by atoms with van der Waals surface area (Å²) in [6.45, 7) is 2.34. The van der Waals surface area contributed by atoms with Crippen LogP contribution in [0.4, 0.5) is 0 Å². The van der Waals surface area contributed by atoms with E-state index in [1.807, 2.05) is 35.1 Å². The van der Waals surface area contributed by atoms with Gasteiger partial charge in [0.1, 0.15) is 10.7 Å². The van der Waals surface area contributed by atoms with Crippen LogP contribution in [-0.2, 0) is 4.74 Å². The molecule has 3 aromatic heterocycles. The first-order valence-corrected chi connectivity index (χ1v) is 12.2. The van der Waals surface area contributed by atoms with Gasteiger partial charge in [-0.25, -0.2) is 9.97 Å². The Morgan fingerprint density at radius 2 is 1.85 bits per heavy atom. The van der Waals surface area contributed by atoms with E-state index in [1.165, 1.54) is 17.2 Å². The molecule has 9 heteroatoms. The van der Waals surface area contributed by atoms with Crippen molar-refractivity contribution in [2.75, 3.05) is 6.61 Å². The first-order chi connectivity index (χ1) is 16.5. The fourth-order valence-electron chi connectivity index (χ4n) is 4.60. The van der Waals surface area contributed by atoms with Crippen molar-refractivity contribution in [3.05, 3.63) is 80.2 Å². The van der Waals surface area contributed by atoms with E-state index in [0.717, 1.165) is 29.7 Å². The Hall–Kier alpha value is -2.74. The van der Waals surface area contributed by atoms with Gasteiger partial charge in [-0.3, -0.25) is 13.9 Å².